The smallest absolute Gasteiger partial charge is 0.217 e. The van der Waals surface area contributed by atoms with E-state index in [1.807, 2.05) is 6.07 Å². The molecular weight excluding hydrogens is 336 g/mol. The lowest BCUT2D eigenvalue weighted by molar-refractivity contribution is -0.129. The number of carbonyl (C=O) groups is 1. The topological polar surface area (TPSA) is 100 Å². The molecule has 5 rings (SSSR count). The van der Waals surface area contributed by atoms with Crippen LogP contribution in [-0.4, -0.2) is 11.4 Å². The Kier molecular flexibility index (Phi) is 3.97. The van der Waals surface area contributed by atoms with Crippen LogP contribution in [0.15, 0.2) is 12.1 Å². The predicted molar refractivity (Wildman–Crippen MR) is 98.0 cm³/mol. The van der Waals surface area contributed by atoms with Crippen molar-refractivity contribution in [1.82, 2.24) is 5.32 Å². The van der Waals surface area contributed by atoms with E-state index in [2.05, 4.69) is 17.5 Å². The molecule has 1 N–H and O–H groups in total. The lowest BCUT2D eigenvalue weighted by atomic mass is 9.45. The monoisotopic (exact) mass is 358 g/mol. The fourth-order valence-corrected chi connectivity index (χ4v) is 6.66. The van der Waals surface area contributed by atoms with Crippen molar-refractivity contribution < 1.29 is 4.79 Å². The predicted octanol–water partition coefficient (Wildman–Crippen LogP) is 3.32. The van der Waals surface area contributed by atoms with Gasteiger partial charge in [0.2, 0.25) is 5.91 Å². The molecule has 4 bridgehead atoms. The molecule has 4 atom stereocenters. The molecule has 4 aliphatic rings. The molecule has 27 heavy (non-hydrogen) atoms. The number of benzene rings is 1. The highest BCUT2D eigenvalue weighted by molar-refractivity contribution is 5.74. The van der Waals surface area contributed by atoms with Gasteiger partial charge in [0.1, 0.15) is 12.1 Å². The highest BCUT2D eigenvalue weighted by atomic mass is 16.1. The van der Waals surface area contributed by atoms with E-state index in [0.717, 1.165) is 44.1 Å². The van der Waals surface area contributed by atoms with Crippen molar-refractivity contribution in [3.8, 4) is 18.2 Å². The Labute approximate surface area is 159 Å². The molecule has 4 fully saturated rings. The number of rotatable bonds is 3. The third-order valence-electron chi connectivity index (χ3n) is 6.79. The first-order valence-corrected chi connectivity index (χ1v) is 9.56. The summed E-state index contributed by atoms with van der Waals surface area (Å²) in [5.41, 5.74) is 1.93. The molecular formula is C22H22N4O. The van der Waals surface area contributed by atoms with Crippen molar-refractivity contribution in [1.29, 1.82) is 15.8 Å². The number of nitrogens with one attached hydrogen (secondary N) is 1. The van der Waals surface area contributed by atoms with Crippen LogP contribution in [0.25, 0.3) is 0 Å². The van der Waals surface area contributed by atoms with Gasteiger partial charge >= 0.3 is 0 Å². The van der Waals surface area contributed by atoms with Crippen LogP contribution >= 0.6 is 0 Å². The molecule has 1 amide bonds. The fraction of sp³-hybridized carbons (Fsp3) is 0.545. The second-order valence-electron chi connectivity index (χ2n) is 8.99. The standard InChI is InChI=1S/C22H22N4O/c1-14(27)26-22-7-15-2-16(8-22)6-21(5-15,13-22)9-17-3-19(11-24)20(12-25)4-18(17)10-23/h3-4,15-16H,2,5-9,13H2,1H3,(H,26,27)/t15-,16+,21?,22?. The molecule has 0 radical (unpaired) electrons. The van der Waals surface area contributed by atoms with Gasteiger partial charge in [0, 0.05) is 12.5 Å². The van der Waals surface area contributed by atoms with Crippen LogP contribution in [0.3, 0.4) is 0 Å². The molecule has 5 nitrogen and oxygen atoms in total. The van der Waals surface area contributed by atoms with Gasteiger partial charge in [-0.05, 0) is 79.9 Å². The van der Waals surface area contributed by atoms with E-state index in [-0.39, 0.29) is 22.4 Å². The average molecular weight is 358 g/mol. The van der Waals surface area contributed by atoms with Crippen molar-refractivity contribution in [2.75, 3.05) is 0 Å². The summed E-state index contributed by atoms with van der Waals surface area (Å²) in [5.74, 6) is 1.28. The maximum absolute atomic E-state index is 11.8. The SMILES string of the molecule is CC(=O)NC12C[C@@H]3C[C@@H](CC(Cc4cc(C#N)c(C#N)cc4C#N)(C3)C1)C2. The Hall–Kier alpha value is -2.84. The van der Waals surface area contributed by atoms with Crippen LogP contribution in [0.2, 0.25) is 0 Å². The Morgan fingerprint density at radius 2 is 1.63 bits per heavy atom. The van der Waals surface area contributed by atoms with Crippen molar-refractivity contribution in [3.63, 3.8) is 0 Å². The second-order valence-corrected chi connectivity index (χ2v) is 8.99. The quantitative estimate of drug-likeness (QED) is 0.895. The van der Waals surface area contributed by atoms with Crippen LogP contribution < -0.4 is 5.32 Å². The molecule has 136 valence electrons. The molecule has 5 heteroatoms. The van der Waals surface area contributed by atoms with Gasteiger partial charge in [0.05, 0.1) is 22.8 Å². The van der Waals surface area contributed by atoms with Crippen molar-refractivity contribution in [2.24, 2.45) is 17.3 Å². The highest BCUT2D eigenvalue weighted by Crippen LogP contribution is 2.62. The van der Waals surface area contributed by atoms with E-state index in [4.69, 9.17) is 0 Å². The summed E-state index contributed by atoms with van der Waals surface area (Å²) in [6.07, 6.45) is 7.30. The Balaban J connectivity index is 1.71. The number of nitrogens with zero attached hydrogens (tertiary/aromatic N) is 3. The summed E-state index contributed by atoms with van der Waals surface area (Å²) in [5, 5.41) is 31.5. The minimum absolute atomic E-state index is 0.0370. The van der Waals surface area contributed by atoms with E-state index in [1.54, 1.807) is 19.1 Å². The van der Waals surface area contributed by atoms with Crippen molar-refractivity contribution in [3.05, 3.63) is 34.4 Å². The van der Waals surface area contributed by atoms with Crippen LogP contribution in [0, 0.1) is 51.2 Å². The maximum Gasteiger partial charge on any atom is 0.217 e. The van der Waals surface area contributed by atoms with E-state index >= 15 is 0 Å². The first-order chi connectivity index (χ1) is 12.9. The molecule has 0 spiro atoms. The van der Waals surface area contributed by atoms with Gasteiger partial charge in [-0.1, -0.05) is 0 Å². The molecule has 1 aromatic carbocycles. The first-order valence-electron chi connectivity index (χ1n) is 9.56. The molecule has 0 heterocycles. The largest absolute Gasteiger partial charge is 0.351 e. The number of carbonyl (C=O) groups excluding carboxylic acids is 1. The molecule has 4 saturated carbocycles. The molecule has 4 aliphatic carbocycles. The Morgan fingerprint density at radius 3 is 2.19 bits per heavy atom. The van der Waals surface area contributed by atoms with Gasteiger partial charge in [-0.2, -0.15) is 15.8 Å². The van der Waals surface area contributed by atoms with E-state index in [0.29, 0.717) is 23.0 Å². The number of hydrogen-bond donors (Lipinski definition) is 1. The summed E-state index contributed by atoms with van der Waals surface area (Å²) < 4.78 is 0. The third-order valence-corrected chi connectivity index (χ3v) is 6.79. The van der Waals surface area contributed by atoms with E-state index in [9.17, 15) is 20.6 Å². The number of amides is 1. The third kappa shape index (κ3) is 2.96. The number of hydrogen-bond acceptors (Lipinski definition) is 4. The molecule has 0 saturated heterocycles. The molecule has 0 aliphatic heterocycles. The lowest BCUT2D eigenvalue weighted by Gasteiger charge is -2.62. The summed E-state index contributed by atoms with van der Waals surface area (Å²) in [6, 6.07) is 9.61. The van der Waals surface area contributed by atoms with Gasteiger partial charge in [0.25, 0.3) is 0 Å². The van der Waals surface area contributed by atoms with Gasteiger partial charge < -0.3 is 5.32 Å². The van der Waals surface area contributed by atoms with Gasteiger partial charge in [-0.25, -0.2) is 0 Å². The van der Waals surface area contributed by atoms with Gasteiger partial charge in [0.15, 0.2) is 0 Å². The zero-order valence-corrected chi connectivity index (χ0v) is 15.5. The van der Waals surface area contributed by atoms with Crippen molar-refractivity contribution >= 4 is 5.91 Å². The second kappa shape index (κ2) is 6.11. The minimum atomic E-state index is -0.104. The summed E-state index contributed by atoms with van der Waals surface area (Å²) in [6.45, 7) is 1.60. The highest BCUT2D eigenvalue weighted by Gasteiger charge is 2.57. The van der Waals surface area contributed by atoms with Crippen LogP contribution in [-0.2, 0) is 11.2 Å². The van der Waals surface area contributed by atoms with Crippen LogP contribution in [0.4, 0.5) is 0 Å². The average Bonchev–Trinajstić information content (AvgIpc) is 2.58. The zero-order valence-electron chi connectivity index (χ0n) is 15.5. The molecule has 0 aromatic heterocycles. The van der Waals surface area contributed by atoms with Gasteiger partial charge in [-0.15, -0.1) is 0 Å². The fourth-order valence-electron chi connectivity index (χ4n) is 6.66. The summed E-state index contributed by atoms with van der Waals surface area (Å²) in [4.78, 5) is 11.8. The van der Waals surface area contributed by atoms with Crippen LogP contribution in [0.5, 0.6) is 0 Å². The first kappa shape index (κ1) is 17.6. The summed E-state index contributed by atoms with van der Waals surface area (Å²) in [7, 11) is 0. The minimum Gasteiger partial charge on any atom is -0.351 e. The zero-order chi connectivity index (χ0) is 19.2. The van der Waals surface area contributed by atoms with Crippen molar-refractivity contribution in [2.45, 2.75) is 57.4 Å². The lowest BCUT2D eigenvalue weighted by Crippen LogP contribution is -2.63. The van der Waals surface area contributed by atoms with E-state index in [1.165, 1.54) is 6.42 Å². The maximum atomic E-state index is 11.8. The Morgan fingerprint density at radius 1 is 1.04 bits per heavy atom. The molecule has 1 aromatic rings. The Bertz CT molecular complexity index is 929. The van der Waals surface area contributed by atoms with Gasteiger partial charge in [-0.3, -0.25) is 4.79 Å². The van der Waals surface area contributed by atoms with Crippen LogP contribution in [0.1, 0.15) is 67.7 Å². The van der Waals surface area contributed by atoms with E-state index < -0.39 is 0 Å². The summed E-state index contributed by atoms with van der Waals surface area (Å²) >= 11 is 0. The normalized spacial score (nSPS) is 33.0. The number of nitriles is 3. The molecule has 2 unspecified atom stereocenters.